The highest BCUT2D eigenvalue weighted by Gasteiger charge is 2.31. The Hall–Kier alpha value is -2.12. The van der Waals surface area contributed by atoms with E-state index in [0.717, 1.165) is 76.8 Å². The first kappa shape index (κ1) is 23.1. The number of fused-ring (bicyclic) bond motifs is 1. The molecule has 0 bridgehead atoms. The molecule has 174 valence electrons. The lowest BCUT2D eigenvalue weighted by atomic mass is 10.1. The third-order valence-electron chi connectivity index (χ3n) is 6.57. The van der Waals surface area contributed by atoms with Gasteiger partial charge in [-0.25, -0.2) is 4.39 Å². The van der Waals surface area contributed by atoms with Crippen molar-refractivity contribution < 1.29 is 17.6 Å². The molecule has 2 aromatic carbocycles. The van der Waals surface area contributed by atoms with Crippen LogP contribution in [-0.4, -0.2) is 49.1 Å². The largest absolute Gasteiger partial charge is 0.416 e. The predicted molar refractivity (Wildman–Crippen MR) is 119 cm³/mol. The number of unbranched alkanes of at least 4 members (excludes halogenated alkanes) is 3. The van der Waals surface area contributed by atoms with Gasteiger partial charge in [-0.15, -0.1) is 0 Å². The first-order valence-corrected chi connectivity index (χ1v) is 11.5. The van der Waals surface area contributed by atoms with Crippen molar-refractivity contribution in [3.63, 3.8) is 0 Å². The Morgan fingerprint density at radius 2 is 1.41 bits per heavy atom. The van der Waals surface area contributed by atoms with Gasteiger partial charge >= 0.3 is 6.18 Å². The fraction of sp³-hybridized carbons (Fsp3) is 0.520. The highest BCUT2D eigenvalue weighted by atomic mass is 19.4. The van der Waals surface area contributed by atoms with Gasteiger partial charge in [0.2, 0.25) is 0 Å². The zero-order valence-corrected chi connectivity index (χ0v) is 18.4. The molecule has 0 unspecified atom stereocenters. The molecule has 0 aliphatic carbocycles. The van der Waals surface area contributed by atoms with Crippen LogP contribution in [0.15, 0.2) is 42.5 Å². The topological polar surface area (TPSA) is 9.72 Å². The van der Waals surface area contributed by atoms with Gasteiger partial charge in [0.1, 0.15) is 5.82 Å². The Morgan fingerprint density at radius 1 is 0.719 bits per heavy atom. The second-order valence-corrected chi connectivity index (χ2v) is 8.91. The van der Waals surface area contributed by atoms with Crippen LogP contribution in [0.5, 0.6) is 0 Å². The number of hydrogen-bond acceptors (Lipinski definition) is 3. The summed E-state index contributed by atoms with van der Waals surface area (Å²) in [6.07, 6.45) is 0.373. The van der Waals surface area contributed by atoms with E-state index in [1.165, 1.54) is 30.5 Å². The summed E-state index contributed by atoms with van der Waals surface area (Å²) >= 11 is 0. The van der Waals surface area contributed by atoms with Gasteiger partial charge in [-0.3, -0.25) is 9.80 Å². The van der Waals surface area contributed by atoms with Crippen molar-refractivity contribution in [2.75, 3.05) is 44.2 Å². The van der Waals surface area contributed by atoms with Crippen molar-refractivity contribution >= 4 is 5.69 Å². The highest BCUT2D eigenvalue weighted by Crippen LogP contribution is 2.32. The minimum absolute atomic E-state index is 0.152. The molecule has 0 atom stereocenters. The van der Waals surface area contributed by atoms with Crippen molar-refractivity contribution in [2.24, 2.45) is 0 Å². The number of alkyl halides is 3. The van der Waals surface area contributed by atoms with E-state index in [9.17, 15) is 17.6 Å². The number of anilines is 1. The maximum Gasteiger partial charge on any atom is 0.416 e. The van der Waals surface area contributed by atoms with Crippen molar-refractivity contribution in [3.05, 3.63) is 65.0 Å². The molecule has 2 aliphatic heterocycles. The van der Waals surface area contributed by atoms with E-state index in [-0.39, 0.29) is 5.82 Å². The van der Waals surface area contributed by atoms with Gasteiger partial charge in [0.05, 0.1) is 5.56 Å². The minimum Gasteiger partial charge on any atom is -0.369 e. The van der Waals surface area contributed by atoms with Crippen molar-refractivity contribution in [3.8, 4) is 0 Å². The molecular formula is C25H31F4N3. The summed E-state index contributed by atoms with van der Waals surface area (Å²) in [4.78, 5) is 6.85. The average molecular weight is 450 g/mol. The first-order valence-electron chi connectivity index (χ1n) is 11.5. The molecule has 0 amide bonds. The lowest BCUT2D eigenvalue weighted by Gasteiger charge is -2.36. The number of rotatable bonds is 8. The number of nitrogens with zero attached hydrogens (tertiary/aromatic N) is 3. The molecule has 2 aliphatic rings. The summed E-state index contributed by atoms with van der Waals surface area (Å²) in [5.74, 6) is -0.152. The van der Waals surface area contributed by atoms with Crippen molar-refractivity contribution in [1.82, 2.24) is 9.80 Å². The van der Waals surface area contributed by atoms with Gasteiger partial charge in [-0.2, -0.15) is 13.2 Å². The van der Waals surface area contributed by atoms with Crippen LogP contribution >= 0.6 is 0 Å². The molecule has 0 radical (unpaired) electrons. The fourth-order valence-electron chi connectivity index (χ4n) is 4.72. The quantitative estimate of drug-likeness (QED) is 0.387. The smallest absolute Gasteiger partial charge is 0.369 e. The lowest BCUT2D eigenvalue weighted by molar-refractivity contribution is -0.137. The zero-order valence-electron chi connectivity index (χ0n) is 18.4. The molecular weight excluding hydrogens is 418 g/mol. The second kappa shape index (κ2) is 10.2. The number of halogens is 4. The van der Waals surface area contributed by atoms with Gasteiger partial charge in [-0.05, 0) is 67.4 Å². The van der Waals surface area contributed by atoms with E-state index in [4.69, 9.17) is 0 Å². The molecule has 7 heteroatoms. The summed E-state index contributed by atoms with van der Waals surface area (Å²) in [6, 6.07) is 10.7. The third-order valence-corrected chi connectivity index (χ3v) is 6.57. The van der Waals surface area contributed by atoms with Gasteiger partial charge in [0.15, 0.2) is 0 Å². The number of benzene rings is 2. The number of hydrogen-bond donors (Lipinski definition) is 0. The molecule has 4 rings (SSSR count). The van der Waals surface area contributed by atoms with Gasteiger partial charge < -0.3 is 4.90 Å². The van der Waals surface area contributed by atoms with Crippen LogP contribution in [0.1, 0.15) is 42.4 Å². The first-order chi connectivity index (χ1) is 15.4. The van der Waals surface area contributed by atoms with E-state index in [1.54, 1.807) is 18.2 Å². The average Bonchev–Trinajstić information content (AvgIpc) is 3.18. The maximum absolute atomic E-state index is 13.3. The molecule has 2 aromatic rings. The van der Waals surface area contributed by atoms with Crippen molar-refractivity contribution in [2.45, 2.75) is 44.9 Å². The molecule has 0 saturated carbocycles. The van der Waals surface area contributed by atoms with Crippen LogP contribution in [0.25, 0.3) is 0 Å². The Bertz CT molecular complexity index is 891. The Kier molecular flexibility index (Phi) is 7.36. The molecule has 32 heavy (non-hydrogen) atoms. The lowest BCUT2D eigenvalue weighted by Crippen LogP contribution is -2.46. The molecule has 0 N–H and O–H groups in total. The fourth-order valence-corrected chi connectivity index (χ4v) is 4.72. The van der Waals surface area contributed by atoms with Gasteiger partial charge in [0.25, 0.3) is 0 Å². The molecule has 3 nitrogen and oxygen atoms in total. The molecule has 0 spiro atoms. The van der Waals surface area contributed by atoms with E-state index in [2.05, 4.69) is 9.80 Å². The summed E-state index contributed by atoms with van der Waals surface area (Å²) in [5, 5.41) is 0. The Balaban J connectivity index is 1.09. The van der Waals surface area contributed by atoms with E-state index < -0.39 is 11.7 Å². The highest BCUT2D eigenvalue weighted by molar-refractivity contribution is 5.49. The Labute approximate surface area is 187 Å². The third kappa shape index (κ3) is 6.01. The van der Waals surface area contributed by atoms with E-state index >= 15 is 0 Å². The second-order valence-electron chi connectivity index (χ2n) is 8.91. The van der Waals surface area contributed by atoms with Crippen LogP contribution < -0.4 is 4.90 Å². The number of piperazine rings is 1. The zero-order chi connectivity index (χ0) is 22.6. The summed E-state index contributed by atoms with van der Waals surface area (Å²) in [5.41, 5.74) is 2.44. The summed E-state index contributed by atoms with van der Waals surface area (Å²) in [6.45, 7) is 7.17. The Morgan fingerprint density at radius 3 is 2.12 bits per heavy atom. The SMILES string of the molecule is Fc1ccc2c(c1)CN(CCCCCCN1CCN(c3cccc(C(F)(F)F)c3)CC1)C2. The molecule has 1 saturated heterocycles. The summed E-state index contributed by atoms with van der Waals surface area (Å²) in [7, 11) is 0. The van der Waals surface area contributed by atoms with Crippen LogP contribution in [-0.2, 0) is 19.3 Å². The molecule has 1 fully saturated rings. The van der Waals surface area contributed by atoms with Crippen molar-refractivity contribution in [1.29, 1.82) is 0 Å². The normalized spacial score (nSPS) is 17.7. The monoisotopic (exact) mass is 449 g/mol. The van der Waals surface area contributed by atoms with Crippen LogP contribution in [0.4, 0.5) is 23.2 Å². The maximum atomic E-state index is 13.3. The standard InChI is InChI=1S/C25H31F4N3/c26-23-9-8-20-18-31(19-21(20)16-23)11-4-2-1-3-10-30-12-14-32(15-13-30)24-7-5-6-22(17-24)25(27,28)29/h5-9,16-17H,1-4,10-15,18-19H2. The molecule has 2 heterocycles. The van der Waals surface area contributed by atoms with E-state index in [1.807, 2.05) is 11.0 Å². The van der Waals surface area contributed by atoms with Gasteiger partial charge in [0, 0.05) is 45.0 Å². The van der Waals surface area contributed by atoms with Crippen LogP contribution in [0, 0.1) is 5.82 Å². The van der Waals surface area contributed by atoms with Crippen LogP contribution in [0.3, 0.4) is 0 Å². The van der Waals surface area contributed by atoms with Gasteiger partial charge in [-0.1, -0.05) is 25.0 Å². The summed E-state index contributed by atoms with van der Waals surface area (Å²) < 4.78 is 52.2. The molecule has 0 aromatic heterocycles. The van der Waals surface area contributed by atoms with E-state index in [0.29, 0.717) is 5.69 Å². The minimum atomic E-state index is -4.30. The van der Waals surface area contributed by atoms with Crippen LogP contribution in [0.2, 0.25) is 0 Å². The predicted octanol–water partition coefficient (Wildman–Crippen LogP) is 5.54.